The molecule has 1 aromatic heterocycles. The molecule has 5 atom stereocenters. The van der Waals surface area contributed by atoms with Gasteiger partial charge in [0.15, 0.2) is 0 Å². The predicted octanol–water partition coefficient (Wildman–Crippen LogP) is 3.60. The van der Waals surface area contributed by atoms with Gasteiger partial charge in [-0.2, -0.15) is 0 Å². The number of benzene rings is 2. The van der Waals surface area contributed by atoms with Gasteiger partial charge in [-0.3, -0.25) is 14.6 Å². The van der Waals surface area contributed by atoms with Gasteiger partial charge >= 0.3 is 0 Å². The lowest BCUT2D eigenvalue weighted by molar-refractivity contribution is -0.142. The predicted molar refractivity (Wildman–Crippen MR) is 134 cm³/mol. The summed E-state index contributed by atoms with van der Waals surface area (Å²) in [6, 6.07) is 18.6. The van der Waals surface area contributed by atoms with Crippen molar-refractivity contribution < 1.29 is 24.2 Å². The normalized spacial score (nSPS) is 23.1. The second kappa shape index (κ2) is 10.5. The number of amides is 2. The Kier molecular flexibility index (Phi) is 6.97. The van der Waals surface area contributed by atoms with Crippen LogP contribution in [0, 0.1) is 0 Å². The molecule has 0 aliphatic carbocycles. The van der Waals surface area contributed by atoms with Crippen LogP contribution in [-0.4, -0.2) is 46.8 Å². The molecule has 36 heavy (non-hydrogen) atoms. The molecule has 0 bridgehead atoms. The zero-order chi connectivity index (χ0) is 25.1. The summed E-state index contributed by atoms with van der Waals surface area (Å²) >= 11 is 0. The minimum atomic E-state index is -0.547. The Morgan fingerprint density at radius 3 is 2.72 bits per heavy atom. The van der Waals surface area contributed by atoms with Crippen LogP contribution < -0.4 is 15.4 Å². The average Bonchev–Trinajstić information content (AvgIpc) is 3.27. The smallest absolute Gasteiger partial charge is 0.257 e. The SMILES string of the molecule is C[C@@H](NC(=O)C[C@H]1C[C@@H]2c3cc(NC(=O)c4cccnc4)ccc3O[C@@H]2[C@@H](CO)O1)c1ccccc1. The number of rotatable bonds is 7. The quantitative estimate of drug-likeness (QED) is 0.470. The topological polar surface area (TPSA) is 110 Å². The molecule has 5 rings (SSSR count). The molecule has 8 nitrogen and oxygen atoms in total. The Labute approximate surface area is 209 Å². The van der Waals surface area contributed by atoms with Crippen LogP contribution in [0.2, 0.25) is 0 Å². The standard InChI is InChI=1S/C28H29N3O5/c1-17(18-6-3-2-4-7-18)30-26(33)14-21-13-23-22-12-20(31-28(34)19-8-5-11-29-15-19)9-10-24(22)36-27(23)25(16-32)35-21/h2-12,15,17,21,23,25,27,32H,13-14,16H2,1H3,(H,30,33)(H,31,34)/t17-,21-,23-,25-,27+/m1/s1. The maximum Gasteiger partial charge on any atom is 0.257 e. The zero-order valence-corrected chi connectivity index (χ0v) is 20.0. The van der Waals surface area contributed by atoms with Crippen LogP contribution in [0.3, 0.4) is 0 Å². The zero-order valence-electron chi connectivity index (χ0n) is 20.0. The van der Waals surface area contributed by atoms with E-state index in [1.807, 2.05) is 49.4 Å². The summed E-state index contributed by atoms with van der Waals surface area (Å²) in [4.78, 5) is 29.4. The van der Waals surface area contributed by atoms with Crippen molar-refractivity contribution in [1.82, 2.24) is 10.3 Å². The largest absolute Gasteiger partial charge is 0.487 e. The van der Waals surface area contributed by atoms with Gasteiger partial charge in [-0.25, -0.2) is 0 Å². The Morgan fingerprint density at radius 1 is 1.14 bits per heavy atom. The van der Waals surface area contributed by atoms with Crippen LogP contribution in [0.15, 0.2) is 73.1 Å². The molecule has 3 N–H and O–H groups in total. The van der Waals surface area contributed by atoms with Crippen LogP contribution in [0.4, 0.5) is 5.69 Å². The Balaban J connectivity index is 1.28. The molecule has 1 saturated heterocycles. The number of carbonyl (C=O) groups excluding carboxylic acids is 2. The fraction of sp³-hybridized carbons (Fsp3) is 0.321. The van der Waals surface area contributed by atoms with Crippen LogP contribution in [0.25, 0.3) is 0 Å². The number of anilines is 1. The molecule has 2 aliphatic heterocycles. The van der Waals surface area contributed by atoms with E-state index in [-0.39, 0.29) is 49.0 Å². The average molecular weight is 488 g/mol. The molecule has 1 fully saturated rings. The van der Waals surface area contributed by atoms with Crippen molar-refractivity contribution in [3.8, 4) is 5.75 Å². The highest BCUT2D eigenvalue weighted by Crippen LogP contribution is 2.47. The number of aliphatic hydroxyl groups is 1. The van der Waals surface area contributed by atoms with Gasteiger partial charge in [0.1, 0.15) is 18.0 Å². The van der Waals surface area contributed by atoms with E-state index in [1.54, 1.807) is 24.4 Å². The molecule has 0 saturated carbocycles. The summed E-state index contributed by atoms with van der Waals surface area (Å²) in [6.45, 7) is 1.74. The number of nitrogens with zero attached hydrogens (tertiary/aromatic N) is 1. The lowest BCUT2D eigenvalue weighted by Crippen LogP contribution is -2.47. The van der Waals surface area contributed by atoms with Gasteiger partial charge in [-0.05, 0) is 49.2 Å². The molecular weight excluding hydrogens is 458 g/mol. The van der Waals surface area contributed by atoms with Gasteiger partial charge in [0.2, 0.25) is 5.91 Å². The van der Waals surface area contributed by atoms with E-state index in [4.69, 9.17) is 9.47 Å². The molecule has 3 heterocycles. The third kappa shape index (κ3) is 5.10. The third-order valence-corrected chi connectivity index (χ3v) is 6.77. The third-order valence-electron chi connectivity index (χ3n) is 6.77. The van der Waals surface area contributed by atoms with E-state index < -0.39 is 6.10 Å². The van der Waals surface area contributed by atoms with Crippen molar-refractivity contribution >= 4 is 17.5 Å². The van der Waals surface area contributed by atoms with Crippen molar-refractivity contribution in [3.05, 3.63) is 89.7 Å². The molecule has 8 heteroatoms. The first-order valence-corrected chi connectivity index (χ1v) is 12.1. The number of fused-ring (bicyclic) bond motifs is 3. The Hall–Kier alpha value is -3.75. The number of hydrogen-bond donors (Lipinski definition) is 3. The summed E-state index contributed by atoms with van der Waals surface area (Å²) in [7, 11) is 0. The van der Waals surface area contributed by atoms with Crippen LogP contribution in [0.5, 0.6) is 5.75 Å². The molecule has 0 spiro atoms. The number of pyridine rings is 1. The first-order chi connectivity index (χ1) is 17.5. The van der Waals surface area contributed by atoms with E-state index in [0.29, 0.717) is 23.4 Å². The van der Waals surface area contributed by atoms with Crippen LogP contribution >= 0.6 is 0 Å². The molecule has 2 aliphatic rings. The van der Waals surface area contributed by atoms with Crippen molar-refractivity contribution in [2.45, 2.75) is 50.0 Å². The highest BCUT2D eigenvalue weighted by molar-refractivity contribution is 6.04. The maximum atomic E-state index is 12.8. The summed E-state index contributed by atoms with van der Waals surface area (Å²) < 4.78 is 12.2. The number of aliphatic hydroxyl groups excluding tert-OH is 1. The maximum absolute atomic E-state index is 12.8. The van der Waals surface area contributed by atoms with Crippen LogP contribution in [-0.2, 0) is 9.53 Å². The van der Waals surface area contributed by atoms with Gasteiger partial charge in [-0.1, -0.05) is 30.3 Å². The summed E-state index contributed by atoms with van der Waals surface area (Å²) in [5.74, 6) is 0.281. The molecule has 2 aromatic carbocycles. The fourth-order valence-electron chi connectivity index (χ4n) is 5.00. The van der Waals surface area contributed by atoms with Gasteiger partial charge in [0, 0.05) is 29.6 Å². The molecule has 2 amide bonds. The minimum absolute atomic E-state index is 0.0644. The second-order valence-corrected chi connectivity index (χ2v) is 9.26. The monoisotopic (exact) mass is 487 g/mol. The van der Waals surface area contributed by atoms with Gasteiger partial charge < -0.3 is 25.2 Å². The van der Waals surface area contributed by atoms with Crippen molar-refractivity contribution in [2.75, 3.05) is 11.9 Å². The minimum Gasteiger partial charge on any atom is -0.487 e. The second-order valence-electron chi connectivity index (χ2n) is 9.26. The van der Waals surface area contributed by atoms with E-state index in [2.05, 4.69) is 15.6 Å². The first-order valence-electron chi connectivity index (χ1n) is 12.1. The number of nitrogens with one attached hydrogen (secondary N) is 2. The van der Waals surface area contributed by atoms with Gasteiger partial charge in [0.05, 0.1) is 30.7 Å². The molecule has 3 aromatic rings. The van der Waals surface area contributed by atoms with E-state index in [1.165, 1.54) is 6.20 Å². The van der Waals surface area contributed by atoms with E-state index >= 15 is 0 Å². The highest BCUT2D eigenvalue weighted by Gasteiger charge is 2.46. The van der Waals surface area contributed by atoms with Crippen molar-refractivity contribution in [3.63, 3.8) is 0 Å². The van der Waals surface area contributed by atoms with Gasteiger partial charge in [-0.15, -0.1) is 0 Å². The molecular formula is C28H29N3O5. The summed E-state index contributed by atoms with van der Waals surface area (Å²) in [5, 5.41) is 15.9. The number of hydrogen-bond acceptors (Lipinski definition) is 6. The Morgan fingerprint density at radius 2 is 1.97 bits per heavy atom. The Bertz CT molecular complexity index is 1220. The van der Waals surface area contributed by atoms with Crippen molar-refractivity contribution in [2.24, 2.45) is 0 Å². The summed E-state index contributed by atoms with van der Waals surface area (Å²) in [6.07, 6.45) is 2.62. The fourth-order valence-corrected chi connectivity index (χ4v) is 5.00. The first kappa shape index (κ1) is 24.0. The lowest BCUT2D eigenvalue weighted by atomic mass is 9.84. The number of carbonyl (C=O) groups is 2. The summed E-state index contributed by atoms with van der Waals surface area (Å²) in [5.41, 5.74) is 3.08. The van der Waals surface area contributed by atoms with Crippen LogP contribution in [0.1, 0.15) is 53.2 Å². The van der Waals surface area contributed by atoms with E-state index in [0.717, 1.165) is 11.1 Å². The molecule has 186 valence electrons. The number of ether oxygens (including phenoxy) is 2. The lowest BCUT2D eigenvalue weighted by Gasteiger charge is -2.37. The molecule has 0 unspecified atom stereocenters. The van der Waals surface area contributed by atoms with Crippen molar-refractivity contribution in [1.29, 1.82) is 0 Å². The van der Waals surface area contributed by atoms with E-state index in [9.17, 15) is 14.7 Å². The van der Waals surface area contributed by atoms with Gasteiger partial charge in [0.25, 0.3) is 5.91 Å². The number of aromatic nitrogens is 1. The highest BCUT2D eigenvalue weighted by atomic mass is 16.6. The molecule has 0 radical (unpaired) electrons.